The molecule has 0 radical (unpaired) electrons. The minimum absolute atomic E-state index is 0.0110. The van der Waals surface area contributed by atoms with Crippen molar-refractivity contribution in [3.8, 4) is 0 Å². The molecule has 1 aromatic carbocycles. The molecule has 0 fully saturated rings. The number of nitrogens with zero attached hydrogens (tertiary/aromatic N) is 3. The molecule has 0 spiro atoms. The molecular weight excluding hydrogens is 358 g/mol. The van der Waals surface area contributed by atoms with E-state index < -0.39 is 11.9 Å². The van der Waals surface area contributed by atoms with Crippen molar-refractivity contribution >= 4 is 11.9 Å². The van der Waals surface area contributed by atoms with E-state index in [0.717, 1.165) is 5.56 Å². The Morgan fingerprint density at radius 1 is 0.679 bits per heavy atom. The van der Waals surface area contributed by atoms with Gasteiger partial charge in [0, 0.05) is 19.6 Å². The Bertz CT molecular complexity index is 917. The smallest absolute Gasteiger partial charge is 0.354 e. The summed E-state index contributed by atoms with van der Waals surface area (Å²) in [4.78, 5) is 32.8. The van der Waals surface area contributed by atoms with Gasteiger partial charge in [-0.15, -0.1) is 0 Å². The number of carboxylic acid groups (broad SMARTS) is 2. The first-order valence-corrected chi connectivity index (χ1v) is 8.66. The maximum atomic E-state index is 11.2. The minimum atomic E-state index is -1.08. The second-order valence-electron chi connectivity index (χ2n) is 6.27. The van der Waals surface area contributed by atoms with E-state index in [1.165, 1.54) is 12.1 Å². The molecule has 0 unspecified atom stereocenters. The van der Waals surface area contributed by atoms with Crippen LogP contribution in [0.15, 0.2) is 66.7 Å². The number of pyridine rings is 2. The maximum absolute atomic E-state index is 11.2. The third kappa shape index (κ3) is 5.21. The summed E-state index contributed by atoms with van der Waals surface area (Å²) in [6.07, 6.45) is 0. The fraction of sp³-hybridized carbons (Fsp3) is 0.143. The van der Waals surface area contributed by atoms with E-state index in [1.807, 2.05) is 35.2 Å². The van der Waals surface area contributed by atoms with Crippen molar-refractivity contribution in [3.63, 3.8) is 0 Å². The van der Waals surface area contributed by atoms with Crippen LogP contribution in [0, 0.1) is 0 Å². The van der Waals surface area contributed by atoms with Crippen LogP contribution in [0.4, 0.5) is 0 Å². The first-order chi connectivity index (χ1) is 13.5. The number of aromatic carboxylic acids is 2. The average molecular weight is 377 g/mol. The lowest BCUT2D eigenvalue weighted by Gasteiger charge is -2.22. The number of rotatable bonds is 8. The molecule has 0 aliphatic rings. The van der Waals surface area contributed by atoms with Crippen LogP contribution in [0.5, 0.6) is 0 Å². The summed E-state index contributed by atoms with van der Waals surface area (Å²) in [7, 11) is 0. The fourth-order valence-electron chi connectivity index (χ4n) is 2.84. The normalized spacial score (nSPS) is 10.8. The van der Waals surface area contributed by atoms with Gasteiger partial charge in [-0.2, -0.15) is 0 Å². The van der Waals surface area contributed by atoms with Gasteiger partial charge in [0.15, 0.2) is 0 Å². The molecule has 3 aromatic rings. The molecule has 0 atom stereocenters. The Kier molecular flexibility index (Phi) is 6.08. The van der Waals surface area contributed by atoms with Gasteiger partial charge in [0.25, 0.3) is 0 Å². The van der Waals surface area contributed by atoms with E-state index in [4.69, 9.17) is 10.2 Å². The Morgan fingerprint density at radius 3 is 1.64 bits per heavy atom. The molecule has 2 N–H and O–H groups in total. The van der Waals surface area contributed by atoms with E-state index in [-0.39, 0.29) is 11.4 Å². The quantitative estimate of drug-likeness (QED) is 0.622. The van der Waals surface area contributed by atoms with Gasteiger partial charge in [-0.05, 0) is 29.8 Å². The summed E-state index contributed by atoms with van der Waals surface area (Å²) in [5.41, 5.74) is 2.29. The summed E-state index contributed by atoms with van der Waals surface area (Å²) < 4.78 is 0. The zero-order valence-corrected chi connectivity index (χ0v) is 15.0. The van der Waals surface area contributed by atoms with Crippen LogP contribution in [-0.2, 0) is 19.6 Å². The lowest BCUT2D eigenvalue weighted by Crippen LogP contribution is -2.24. The van der Waals surface area contributed by atoms with Gasteiger partial charge in [0.1, 0.15) is 11.4 Å². The molecule has 7 heteroatoms. The van der Waals surface area contributed by atoms with Gasteiger partial charge in [0.05, 0.1) is 11.4 Å². The Labute approximate surface area is 161 Å². The molecule has 3 rings (SSSR count). The average Bonchev–Trinajstić information content (AvgIpc) is 2.69. The van der Waals surface area contributed by atoms with E-state index in [9.17, 15) is 9.59 Å². The van der Waals surface area contributed by atoms with Crippen LogP contribution in [0.1, 0.15) is 37.9 Å². The molecule has 0 aliphatic heterocycles. The monoisotopic (exact) mass is 377 g/mol. The highest BCUT2D eigenvalue weighted by atomic mass is 16.4. The van der Waals surface area contributed by atoms with Crippen molar-refractivity contribution in [2.24, 2.45) is 0 Å². The highest BCUT2D eigenvalue weighted by Crippen LogP contribution is 2.13. The highest BCUT2D eigenvalue weighted by molar-refractivity contribution is 5.85. The van der Waals surface area contributed by atoms with Gasteiger partial charge in [-0.3, -0.25) is 4.90 Å². The molecule has 7 nitrogen and oxygen atoms in total. The zero-order valence-electron chi connectivity index (χ0n) is 15.0. The molecule has 0 aliphatic carbocycles. The predicted molar refractivity (Wildman–Crippen MR) is 102 cm³/mol. The van der Waals surface area contributed by atoms with Gasteiger partial charge in [-0.25, -0.2) is 19.6 Å². The standard InChI is InChI=1S/C21H19N3O4/c25-20(26)18-10-4-8-16(22-18)13-24(12-15-6-2-1-3-7-15)14-17-9-5-11-19(23-17)21(27)28/h1-11H,12-14H2,(H,25,26)(H,27,28). The molecule has 28 heavy (non-hydrogen) atoms. The van der Waals surface area contributed by atoms with Crippen LogP contribution in [0.2, 0.25) is 0 Å². The van der Waals surface area contributed by atoms with Gasteiger partial charge < -0.3 is 10.2 Å². The molecule has 2 aromatic heterocycles. The lowest BCUT2D eigenvalue weighted by molar-refractivity contribution is 0.0679. The Hall–Kier alpha value is -3.58. The van der Waals surface area contributed by atoms with Crippen LogP contribution in [0.3, 0.4) is 0 Å². The Morgan fingerprint density at radius 2 is 1.18 bits per heavy atom. The van der Waals surface area contributed by atoms with Crippen LogP contribution < -0.4 is 0 Å². The molecular formula is C21H19N3O4. The van der Waals surface area contributed by atoms with E-state index in [0.29, 0.717) is 31.0 Å². The van der Waals surface area contributed by atoms with E-state index in [2.05, 4.69) is 9.97 Å². The van der Waals surface area contributed by atoms with Crippen molar-refractivity contribution in [2.45, 2.75) is 19.6 Å². The molecule has 0 saturated heterocycles. The summed E-state index contributed by atoms with van der Waals surface area (Å²) in [5, 5.41) is 18.3. The molecule has 0 amide bonds. The number of hydrogen-bond donors (Lipinski definition) is 2. The van der Waals surface area contributed by atoms with E-state index >= 15 is 0 Å². The van der Waals surface area contributed by atoms with Crippen molar-refractivity contribution in [1.29, 1.82) is 0 Å². The predicted octanol–water partition coefficient (Wildman–Crippen LogP) is 3.08. The summed E-state index contributed by atoms with van der Waals surface area (Å²) in [6, 6.07) is 19.6. The second kappa shape index (κ2) is 8.88. The van der Waals surface area contributed by atoms with Gasteiger partial charge >= 0.3 is 11.9 Å². The van der Waals surface area contributed by atoms with Crippen molar-refractivity contribution in [2.75, 3.05) is 0 Å². The third-order valence-corrected chi connectivity index (χ3v) is 4.07. The summed E-state index contributed by atoms with van der Waals surface area (Å²) >= 11 is 0. The van der Waals surface area contributed by atoms with Crippen LogP contribution in [-0.4, -0.2) is 37.0 Å². The van der Waals surface area contributed by atoms with Crippen molar-refractivity contribution in [3.05, 3.63) is 95.1 Å². The SMILES string of the molecule is O=C(O)c1cccc(CN(Cc2ccccc2)Cc2cccc(C(=O)O)n2)n1. The fourth-order valence-corrected chi connectivity index (χ4v) is 2.84. The second-order valence-corrected chi connectivity index (χ2v) is 6.27. The largest absolute Gasteiger partial charge is 0.477 e. The third-order valence-electron chi connectivity index (χ3n) is 4.07. The lowest BCUT2D eigenvalue weighted by atomic mass is 10.2. The number of carboxylic acids is 2. The van der Waals surface area contributed by atoms with Gasteiger partial charge in [0.2, 0.25) is 0 Å². The number of benzene rings is 1. The minimum Gasteiger partial charge on any atom is -0.477 e. The van der Waals surface area contributed by atoms with Crippen molar-refractivity contribution in [1.82, 2.24) is 14.9 Å². The molecule has 0 bridgehead atoms. The van der Waals surface area contributed by atoms with Crippen LogP contribution in [0.25, 0.3) is 0 Å². The summed E-state index contributed by atoms with van der Waals surface area (Å²) in [5.74, 6) is -2.15. The molecule has 2 heterocycles. The number of aromatic nitrogens is 2. The van der Waals surface area contributed by atoms with Crippen molar-refractivity contribution < 1.29 is 19.8 Å². The van der Waals surface area contributed by atoms with Crippen LogP contribution >= 0.6 is 0 Å². The molecule has 142 valence electrons. The summed E-state index contributed by atoms with van der Waals surface area (Å²) in [6.45, 7) is 1.38. The highest BCUT2D eigenvalue weighted by Gasteiger charge is 2.13. The first kappa shape index (κ1) is 19.2. The number of carbonyl (C=O) groups is 2. The topological polar surface area (TPSA) is 104 Å². The number of hydrogen-bond acceptors (Lipinski definition) is 5. The first-order valence-electron chi connectivity index (χ1n) is 8.66. The zero-order chi connectivity index (χ0) is 19.9. The van der Waals surface area contributed by atoms with E-state index in [1.54, 1.807) is 24.3 Å². The Balaban J connectivity index is 1.84. The molecule has 0 saturated carbocycles. The van der Waals surface area contributed by atoms with Gasteiger partial charge in [-0.1, -0.05) is 42.5 Å². The maximum Gasteiger partial charge on any atom is 0.354 e.